The highest BCUT2D eigenvalue weighted by Crippen LogP contribution is 2.17. The molecule has 0 unspecified atom stereocenters. The monoisotopic (exact) mass is 455 g/mol. The SMILES string of the molecule is Br.Cc1cccc(OCCn2c(=N)n(Cc3ccccc3F)c3ccccc32)c1. The first-order valence-corrected chi connectivity index (χ1v) is 9.29. The first-order chi connectivity index (χ1) is 13.6. The minimum Gasteiger partial charge on any atom is -0.492 e. The number of halogens is 2. The van der Waals surface area contributed by atoms with E-state index in [1.54, 1.807) is 12.1 Å². The second-order valence-corrected chi connectivity index (χ2v) is 6.81. The number of imidazole rings is 1. The molecule has 0 aliphatic rings. The molecular weight excluding hydrogens is 433 g/mol. The summed E-state index contributed by atoms with van der Waals surface area (Å²) < 4.78 is 23.7. The largest absolute Gasteiger partial charge is 0.492 e. The smallest absolute Gasteiger partial charge is 0.203 e. The fourth-order valence-corrected chi connectivity index (χ4v) is 3.44. The summed E-state index contributed by atoms with van der Waals surface area (Å²) in [6.07, 6.45) is 0. The molecule has 0 radical (unpaired) electrons. The molecule has 0 saturated carbocycles. The van der Waals surface area contributed by atoms with Crippen LogP contribution < -0.4 is 10.4 Å². The second kappa shape index (κ2) is 9.09. The highest BCUT2D eigenvalue weighted by molar-refractivity contribution is 8.93. The number of rotatable bonds is 6. The van der Waals surface area contributed by atoms with Crippen molar-refractivity contribution in [1.82, 2.24) is 9.13 Å². The van der Waals surface area contributed by atoms with Crippen LogP contribution in [0.4, 0.5) is 4.39 Å². The van der Waals surface area contributed by atoms with E-state index in [0.717, 1.165) is 22.3 Å². The third-order valence-corrected chi connectivity index (χ3v) is 4.83. The third-order valence-electron chi connectivity index (χ3n) is 4.83. The number of benzene rings is 3. The number of hydrogen-bond acceptors (Lipinski definition) is 2. The van der Waals surface area contributed by atoms with Gasteiger partial charge in [-0.05, 0) is 42.8 Å². The Morgan fingerprint density at radius 1 is 0.897 bits per heavy atom. The first-order valence-electron chi connectivity index (χ1n) is 9.29. The van der Waals surface area contributed by atoms with Gasteiger partial charge in [0.05, 0.1) is 24.1 Å². The van der Waals surface area contributed by atoms with E-state index in [1.807, 2.05) is 70.7 Å². The van der Waals surface area contributed by atoms with E-state index in [9.17, 15) is 4.39 Å². The normalized spacial score (nSPS) is 10.7. The minimum atomic E-state index is -0.256. The molecule has 0 atom stereocenters. The molecule has 3 aromatic carbocycles. The Kier molecular flexibility index (Phi) is 6.54. The summed E-state index contributed by atoms with van der Waals surface area (Å²) in [6.45, 7) is 3.34. The average Bonchev–Trinajstić information content (AvgIpc) is 2.96. The molecule has 1 aromatic heterocycles. The number of nitrogens with zero attached hydrogens (tertiary/aromatic N) is 2. The lowest BCUT2D eigenvalue weighted by Gasteiger charge is -2.08. The first kappa shape index (κ1) is 20.9. The molecule has 0 bridgehead atoms. The maximum atomic E-state index is 14.1. The highest BCUT2D eigenvalue weighted by Gasteiger charge is 2.12. The van der Waals surface area contributed by atoms with Crippen molar-refractivity contribution in [2.75, 3.05) is 6.61 Å². The molecule has 150 valence electrons. The van der Waals surface area contributed by atoms with Gasteiger partial charge in [-0.25, -0.2) is 4.39 Å². The number of nitrogens with one attached hydrogen (secondary N) is 1. The molecule has 4 nitrogen and oxygen atoms in total. The van der Waals surface area contributed by atoms with E-state index in [-0.39, 0.29) is 22.8 Å². The zero-order valence-corrected chi connectivity index (χ0v) is 17.9. The molecule has 6 heteroatoms. The van der Waals surface area contributed by atoms with Crippen molar-refractivity contribution < 1.29 is 9.13 Å². The fourth-order valence-electron chi connectivity index (χ4n) is 3.44. The number of fused-ring (bicyclic) bond motifs is 1. The number of aryl methyl sites for hydroxylation is 1. The summed E-state index contributed by atoms with van der Waals surface area (Å²) in [5.74, 6) is 0.566. The van der Waals surface area contributed by atoms with Gasteiger partial charge in [-0.3, -0.25) is 5.41 Å². The fraction of sp³-hybridized carbons (Fsp3) is 0.174. The Morgan fingerprint density at radius 2 is 1.59 bits per heavy atom. The van der Waals surface area contributed by atoms with Crippen LogP contribution in [0.3, 0.4) is 0 Å². The van der Waals surface area contributed by atoms with Gasteiger partial charge in [-0.15, -0.1) is 17.0 Å². The van der Waals surface area contributed by atoms with Crippen LogP contribution in [0.2, 0.25) is 0 Å². The van der Waals surface area contributed by atoms with Crippen LogP contribution in [0.15, 0.2) is 72.8 Å². The van der Waals surface area contributed by atoms with E-state index in [0.29, 0.717) is 30.9 Å². The number of hydrogen-bond donors (Lipinski definition) is 1. The predicted octanol–water partition coefficient (Wildman–Crippen LogP) is 5.07. The Balaban J connectivity index is 0.00000240. The summed E-state index contributed by atoms with van der Waals surface area (Å²) in [5.41, 5.74) is 3.90. The zero-order valence-electron chi connectivity index (χ0n) is 16.1. The van der Waals surface area contributed by atoms with Gasteiger partial charge in [-0.1, -0.05) is 42.5 Å². The molecule has 0 aliphatic carbocycles. The Morgan fingerprint density at radius 3 is 2.31 bits per heavy atom. The molecule has 0 fully saturated rings. The van der Waals surface area contributed by atoms with Crippen molar-refractivity contribution in [2.24, 2.45) is 0 Å². The Hall–Kier alpha value is -2.86. The molecular formula is C23H23BrFN3O. The van der Waals surface area contributed by atoms with Crippen molar-refractivity contribution >= 4 is 28.0 Å². The third kappa shape index (κ3) is 4.43. The van der Waals surface area contributed by atoms with Crippen molar-refractivity contribution in [1.29, 1.82) is 5.41 Å². The predicted molar refractivity (Wildman–Crippen MR) is 118 cm³/mol. The Labute approximate surface area is 179 Å². The molecule has 0 aliphatic heterocycles. The molecule has 29 heavy (non-hydrogen) atoms. The lowest BCUT2D eigenvalue weighted by molar-refractivity contribution is 0.296. The van der Waals surface area contributed by atoms with E-state index in [4.69, 9.17) is 10.1 Å². The van der Waals surface area contributed by atoms with Gasteiger partial charge in [0, 0.05) is 5.56 Å². The van der Waals surface area contributed by atoms with Crippen LogP contribution in [0.1, 0.15) is 11.1 Å². The van der Waals surface area contributed by atoms with Crippen LogP contribution in [0.5, 0.6) is 5.75 Å². The van der Waals surface area contributed by atoms with E-state index >= 15 is 0 Å². The quantitative estimate of drug-likeness (QED) is 0.432. The van der Waals surface area contributed by atoms with Gasteiger partial charge in [0.25, 0.3) is 0 Å². The molecule has 1 N–H and O–H groups in total. The van der Waals surface area contributed by atoms with Crippen LogP contribution >= 0.6 is 17.0 Å². The van der Waals surface area contributed by atoms with E-state index in [2.05, 4.69) is 0 Å². The van der Waals surface area contributed by atoms with Gasteiger partial charge >= 0.3 is 0 Å². The van der Waals surface area contributed by atoms with Gasteiger partial charge < -0.3 is 13.9 Å². The summed E-state index contributed by atoms with van der Waals surface area (Å²) in [7, 11) is 0. The number of para-hydroxylation sites is 2. The standard InChI is InChI=1S/C23H22FN3O.BrH/c1-17-7-6-9-19(15-17)28-14-13-26-21-11-4-5-12-22(21)27(23(26)25)16-18-8-2-3-10-20(18)24;/h2-12,15,25H,13-14,16H2,1H3;1H. The van der Waals surface area contributed by atoms with Gasteiger partial charge in [-0.2, -0.15) is 0 Å². The van der Waals surface area contributed by atoms with Crippen LogP contribution in [0, 0.1) is 18.2 Å². The van der Waals surface area contributed by atoms with Crippen molar-refractivity contribution in [2.45, 2.75) is 20.0 Å². The highest BCUT2D eigenvalue weighted by atomic mass is 79.9. The summed E-state index contributed by atoms with van der Waals surface area (Å²) in [4.78, 5) is 0. The number of aromatic nitrogens is 2. The summed E-state index contributed by atoms with van der Waals surface area (Å²) in [6, 6.07) is 22.5. The molecule has 4 aromatic rings. The van der Waals surface area contributed by atoms with Crippen molar-refractivity contribution in [3.63, 3.8) is 0 Å². The topological polar surface area (TPSA) is 42.9 Å². The number of ether oxygens (including phenoxy) is 1. The van der Waals surface area contributed by atoms with E-state index < -0.39 is 0 Å². The van der Waals surface area contributed by atoms with Gasteiger partial charge in [0.15, 0.2) is 0 Å². The molecule has 1 heterocycles. The molecule has 4 rings (SSSR count). The molecule has 0 spiro atoms. The summed E-state index contributed by atoms with van der Waals surface area (Å²) >= 11 is 0. The average molecular weight is 456 g/mol. The second-order valence-electron chi connectivity index (χ2n) is 6.81. The maximum absolute atomic E-state index is 14.1. The van der Waals surface area contributed by atoms with Crippen LogP contribution in [0.25, 0.3) is 11.0 Å². The van der Waals surface area contributed by atoms with E-state index in [1.165, 1.54) is 6.07 Å². The van der Waals surface area contributed by atoms with Crippen molar-refractivity contribution in [3.8, 4) is 5.75 Å². The van der Waals surface area contributed by atoms with Crippen LogP contribution in [-0.2, 0) is 13.1 Å². The molecule has 0 amide bonds. The van der Waals surface area contributed by atoms with Gasteiger partial charge in [0.2, 0.25) is 5.62 Å². The lowest BCUT2D eigenvalue weighted by Crippen LogP contribution is -2.27. The van der Waals surface area contributed by atoms with Crippen LogP contribution in [-0.4, -0.2) is 15.7 Å². The lowest BCUT2D eigenvalue weighted by atomic mass is 10.2. The molecule has 0 saturated heterocycles. The maximum Gasteiger partial charge on any atom is 0.203 e. The van der Waals surface area contributed by atoms with Crippen molar-refractivity contribution in [3.05, 3.63) is 95.4 Å². The minimum absolute atomic E-state index is 0. The zero-order chi connectivity index (χ0) is 19.5. The van der Waals surface area contributed by atoms with Gasteiger partial charge in [0.1, 0.15) is 18.2 Å². The Bertz CT molecular complexity index is 1180. The summed E-state index contributed by atoms with van der Waals surface area (Å²) in [5, 5.41) is 8.66.